The summed E-state index contributed by atoms with van der Waals surface area (Å²) < 4.78 is 0. The van der Waals surface area contributed by atoms with Gasteiger partial charge in [-0.15, -0.1) is 0 Å². The predicted molar refractivity (Wildman–Crippen MR) is 59.1 cm³/mol. The molecule has 1 aliphatic rings. The minimum atomic E-state index is 0.456. The van der Waals surface area contributed by atoms with E-state index in [1.54, 1.807) is 11.8 Å². The van der Waals surface area contributed by atoms with Crippen LogP contribution in [0.25, 0.3) is 0 Å². The summed E-state index contributed by atoms with van der Waals surface area (Å²) in [7, 11) is 0. The fourth-order valence-electron chi connectivity index (χ4n) is 1.25. The van der Waals surface area contributed by atoms with Crippen LogP contribution in [0.15, 0.2) is 0 Å². The predicted octanol–water partition coefficient (Wildman–Crippen LogP) is 3.13. The molecule has 1 aliphatic carbocycles. The summed E-state index contributed by atoms with van der Waals surface area (Å²) in [4.78, 5) is 11.3. The van der Waals surface area contributed by atoms with E-state index >= 15 is 0 Å². The normalized spacial score (nSPS) is 16.5. The Labute approximate surface area is 85.7 Å². The molecular weight excluding hydrogens is 180 g/mol. The zero-order valence-electron chi connectivity index (χ0n) is 8.71. The molecule has 0 spiro atoms. The molecule has 1 nitrogen and oxygen atoms in total. The number of rotatable bonds is 7. The van der Waals surface area contributed by atoms with Crippen LogP contribution in [0.5, 0.6) is 0 Å². The monoisotopic (exact) mass is 200 g/mol. The van der Waals surface area contributed by atoms with Crippen molar-refractivity contribution < 1.29 is 4.79 Å². The SMILES string of the molecule is CC(C)CSCC(=O)CCC1CC1. The van der Waals surface area contributed by atoms with E-state index in [0.29, 0.717) is 11.7 Å². The van der Waals surface area contributed by atoms with Crippen molar-refractivity contribution in [2.24, 2.45) is 11.8 Å². The van der Waals surface area contributed by atoms with Gasteiger partial charge in [-0.2, -0.15) is 11.8 Å². The number of hydrogen-bond donors (Lipinski definition) is 0. The Bertz CT molecular complexity index is 161. The molecule has 0 aromatic heterocycles. The highest BCUT2D eigenvalue weighted by molar-refractivity contribution is 7.99. The lowest BCUT2D eigenvalue weighted by Crippen LogP contribution is -2.03. The molecule has 0 N–H and O–H groups in total. The molecule has 0 aromatic rings. The molecule has 0 aromatic carbocycles. The van der Waals surface area contributed by atoms with E-state index in [1.807, 2.05) is 0 Å². The van der Waals surface area contributed by atoms with Crippen LogP contribution in [0.2, 0.25) is 0 Å². The van der Waals surface area contributed by atoms with Gasteiger partial charge in [0.1, 0.15) is 5.78 Å². The van der Waals surface area contributed by atoms with Crippen molar-refractivity contribution in [3.63, 3.8) is 0 Å². The molecule has 2 heteroatoms. The summed E-state index contributed by atoms with van der Waals surface area (Å²) in [5, 5.41) is 0. The molecule has 0 amide bonds. The first-order valence-corrected chi connectivity index (χ1v) is 6.43. The van der Waals surface area contributed by atoms with Gasteiger partial charge in [0.2, 0.25) is 0 Å². The molecule has 1 rings (SSSR count). The first kappa shape index (κ1) is 11.1. The zero-order valence-corrected chi connectivity index (χ0v) is 9.53. The van der Waals surface area contributed by atoms with Crippen LogP contribution in [0, 0.1) is 11.8 Å². The fraction of sp³-hybridized carbons (Fsp3) is 0.909. The minimum absolute atomic E-state index is 0.456. The first-order chi connectivity index (χ1) is 6.18. The van der Waals surface area contributed by atoms with Gasteiger partial charge in [-0.25, -0.2) is 0 Å². The highest BCUT2D eigenvalue weighted by atomic mass is 32.2. The Morgan fingerprint density at radius 1 is 1.46 bits per heavy atom. The van der Waals surface area contributed by atoms with Crippen LogP contribution in [0.4, 0.5) is 0 Å². The standard InChI is InChI=1S/C11H20OS/c1-9(2)7-13-8-11(12)6-5-10-3-4-10/h9-10H,3-8H2,1-2H3. The van der Waals surface area contributed by atoms with E-state index in [-0.39, 0.29) is 0 Å². The molecule has 13 heavy (non-hydrogen) atoms. The average molecular weight is 200 g/mol. The van der Waals surface area contributed by atoms with E-state index in [0.717, 1.165) is 30.3 Å². The third-order valence-electron chi connectivity index (χ3n) is 2.24. The highest BCUT2D eigenvalue weighted by Crippen LogP contribution is 2.33. The van der Waals surface area contributed by atoms with Crippen LogP contribution in [0.3, 0.4) is 0 Å². The van der Waals surface area contributed by atoms with Crippen molar-refractivity contribution >= 4 is 17.5 Å². The number of carbonyl (C=O) groups excluding carboxylic acids is 1. The number of Topliss-reactive ketones (excluding diaryl/α,β-unsaturated/α-hetero) is 1. The molecule has 0 atom stereocenters. The van der Waals surface area contributed by atoms with E-state index in [4.69, 9.17) is 0 Å². The summed E-state index contributed by atoms with van der Waals surface area (Å²) in [6, 6.07) is 0. The average Bonchev–Trinajstić information content (AvgIpc) is 2.83. The molecule has 0 aliphatic heterocycles. The van der Waals surface area contributed by atoms with Crippen LogP contribution < -0.4 is 0 Å². The Morgan fingerprint density at radius 2 is 2.15 bits per heavy atom. The van der Waals surface area contributed by atoms with Gasteiger partial charge >= 0.3 is 0 Å². The molecule has 0 bridgehead atoms. The van der Waals surface area contributed by atoms with Crippen LogP contribution in [0.1, 0.15) is 39.5 Å². The summed E-state index contributed by atoms with van der Waals surface area (Å²) in [6.45, 7) is 4.39. The second kappa shape index (κ2) is 5.69. The summed E-state index contributed by atoms with van der Waals surface area (Å²) in [5.41, 5.74) is 0. The Kier molecular flexibility index (Phi) is 4.86. The molecule has 0 unspecified atom stereocenters. The van der Waals surface area contributed by atoms with Crippen LogP contribution in [-0.4, -0.2) is 17.3 Å². The van der Waals surface area contributed by atoms with E-state index < -0.39 is 0 Å². The smallest absolute Gasteiger partial charge is 0.142 e. The number of carbonyl (C=O) groups is 1. The van der Waals surface area contributed by atoms with Gasteiger partial charge in [0.05, 0.1) is 5.75 Å². The zero-order chi connectivity index (χ0) is 9.68. The van der Waals surface area contributed by atoms with Gasteiger partial charge in [-0.1, -0.05) is 26.7 Å². The van der Waals surface area contributed by atoms with Gasteiger partial charge < -0.3 is 0 Å². The van der Waals surface area contributed by atoms with Crippen molar-refractivity contribution in [1.29, 1.82) is 0 Å². The maximum Gasteiger partial charge on any atom is 0.142 e. The van der Waals surface area contributed by atoms with Gasteiger partial charge in [0, 0.05) is 6.42 Å². The largest absolute Gasteiger partial charge is 0.299 e. The molecule has 0 saturated heterocycles. The lowest BCUT2D eigenvalue weighted by Gasteiger charge is -2.03. The molecule has 0 radical (unpaired) electrons. The summed E-state index contributed by atoms with van der Waals surface area (Å²) in [5.74, 6) is 3.93. The van der Waals surface area contributed by atoms with E-state index in [1.165, 1.54) is 12.8 Å². The lowest BCUT2D eigenvalue weighted by molar-refractivity contribution is -0.116. The third kappa shape index (κ3) is 6.14. The number of ketones is 1. The van der Waals surface area contributed by atoms with Crippen molar-refractivity contribution in [1.82, 2.24) is 0 Å². The summed E-state index contributed by atoms with van der Waals surface area (Å²) in [6.07, 6.45) is 4.72. The fourth-order valence-corrected chi connectivity index (χ4v) is 2.21. The lowest BCUT2D eigenvalue weighted by atomic mass is 10.2. The molecule has 1 fully saturated rings. The second-order valence-electron chi connectivity index (χ2n) is 4.43. The second-order valence-corrected chi connectivity index (χ2v) is 5.46. The molecule has 0 heterocycles. The van der Waals surface area contributed by atoms with Gasteiger partial charge in [0.15, 0.2) is 0 Å². The maximum absolute atomic E-state index is 11.3. The van der Waals surface area contributed by atoms with Gasteiger partial charge in [0.25, 0.3) is 0 Å². The Balaban J connectivity index is 1.90. The first-order valence-electron chi connectivity index (χ1n) is 5.28. The van der Waals surface area contributed by atoms with Crippen molar-refractivity contribution in [3.8, 4) is 0 Å². The van der Waals surface area contributed by atoms with Crippen molar-refractivity contribution in [2.75, 3.05) is 11.5 Å². The van der Waals surface area contributed by atoms with Gasteiger partial charge in [-0.3, -0.25) is 4.79 Å². The van der Waals surface area contributed by atoms with E-state index in [2.05, 4.69) is 13.8 Å². The Morgan fingerprint density at radius 3 is 2.69 bits per heavy atom. The maximum atomic E-state index is 11.3. The Hall–Kier alpha value is 0.0200. The van der Waals surface area contributed by atoms with Crippen molar-refractivity contribution in [2.45, 2.75) is 39.5 Å². The minimum Gasteiger partial charge on any atom is -0.299 e. The van der Waals surface area contributed by atoms with E-state index in [9.17, 15) is 4.79 Å². The molecule has 76 valence electrons. The number of hydrogen-bond acceptors (Lipinski definition) is 2. The molecular formula is C11H20OS. The van der Waals surface area contributed by atoms with Crippen molar-refractivity contribution in [3.05, 3.63) is 0 Å². The quantitative estimate of drug-likeness (QED) is 0.628. The third-order valence-corrected chi connectivity index (χ3v) is 3.67. The van der Waals surface area contributed by atoms with Crippen LogP contribution in [-0.2, 0) is 4.79 Å². The van der Waals surface area contributed by atoms with Crippen LogP contribution >= 0.6 is 11.8 Å². The topological polar surface area (TPSA) is 17.1 Å². The summed E-state index contributed by atoms with van der Waals surface area (Å²) >= 11 is 1.79. The molecule has 1 saturated carbocycles. The van der Waals surface area contributed by atoms with Gasteiger partial charge in [-0.05, 0) is 24.0 Å². The highest BCUT2D eigenvalue weighted by Gasteiger charge is 2.21. The number of thioether (sulfide) groups is 1.